The van der Waals surface area contributed by atoms with Gasteiger partial charge in [-0.2, -0.15) is 5.10 Å². The van der Waals surface area contributed by atoms with E-state index in [4.69, 9.17) is 5.84 Å². The first-order valence-corrected chi connectivity index (χ1v) is 3.17. The number of H-pyrrole nitrogens is 1. The summed E-state index contributed by atoms with van der Waals surface area (Å²) in [5.74, 6) is 5.26. The van der Waals surface area contributed by atoms with E-state index in [0.29, 0.717) is 5.65 Å². The molecule has 0 aliphatic rings. The maximum atomic E-state index is 5.26. The zero-order valence-electron chi connectivity index (χ0n) is 5.70. The number of nitrogens with one attached hydrogen (secondary N) is 2. The van der Waals surface area contributed by atoms with Gasteiger partial charge in [0.1, 0.15) is 0 Å². The normalized spacial score (nSPS) is 10.3. The molecule has 0 aliphatic heterocycles. The van der Waals surface area contributed by atoms with Crippen LogP contribution < -0.4 is 11.3 Å². The number of aromatic amines is 1. The number of nitrogen functional groups attached to an aromatic ring is 1. The molecule has 0 fully saturated rings. The first kappa shape index (κ1) is 6.11. The second-order valence-electron chi connectivity index (χ2n) is 2.13. The number of nitrogens with two attached hydrogens (primary N) is 1. The molecule has 56 valence electrons. The van der Waals surface area contributed by atoms with Crippen molar-refractivity contribution < 1.29 is 0 Å². The van der Waals surface area contributed by atoms with E-state index in [1.807, 2.05) is 0 Å². The Kier molecular flexibility index (Phi) is 1.23. The van der Waals surface area contributed by atoms with Crippen molar-refractivity contribution >= 4 is 16.7 Å². The molecule has 0 radical (unpaired) electrons. The molecule has 0 saturated heterocycles. The van der Waals surface area contributed by atoms with E-state index in [2.05, 4.69) is 20.6 Å². The Morgan fingerprint density at radius 3 is 3.27 bits per heavy atom. The lowest BCUT2D eigenvalue weighted by atomic mass is 10.3. The van der Waals surface area contributed by atoms with E-state index in [9.17, 15) is 0 Å². The van der Waals surface area contributed by atoms with Crippen LogP contribution in [0.4, 0.5) is 5.69 Å². The molecular formula is C6H7N5. The van der Waals surface area contributed by atoms with Gasteiger partial charge >= 0.3 is 0 Å². The van der Waals surface area contributed by atoms with Gasteiger partial charge in [-0.25, -0.2) is 4.98 Å². The molecule has 0 atom stereocenters. The predicted molar refractivity (Wildman–Crippen MR) is 41.7 cm³/mol. The topological polar surface area (TPSA) is 79.6 Å². The number of anilines is 1. The fourth-order valence-corrected chi connectivity index (χ4v) is 0.977. The fourth-order valence-electron chi connectivity index (χ4n) is 0.977. The summed E-state index contributed by atoms with van der Waals surface area (Å²) in [6.45, 7) is 0. The van der Waals surface area contributed by atoms with E-state index < -0.39 is 0 Å². The Morgan fingerprint density at radius 1 is 1.55 bits per heavy atom. The van der Waals surface area contributed by atoms with E-state index in [0.717, 1.165) is 11.1 Å². The Bertz CT molecular complexity index is 366. The zero-order valence-corrected chi connectivity index (χ0v) is 5.70. The van der Waals surface area contributed by atoms with Gasteiger partial charge in [-0.1, -0.05) is 0 Å². The van der Waals surface area contributed by atoms with Crippen molar-refractivity contribution in [2.75, 3.05) is 5.43 Å². The van der Waals surface area contributed by atoms with Crippen molar-refractivity contribution in [3.63, 3.8) is 0 Å². The monoisotopic (exact) mass is 149 g/mol. The third-order valence-corrected chi connectivity index (χ3v) is 1.50. The highest BCUT2D eigenvalue weighted by atomic mass is 15.2. The van der Waals surface area contributed by atoms with Crippen LogP contribution in [0.2, 0.25) is 0 Å². The van der Waals surface area contributed by atoms with Crippen LogP contribution in [0.3, 0.4) is 0 Å². The van der Waals surface area contributed by atoms with Gasteiger partial charge in [0, 0.05) is 12.4 Å². The van der Waals surface area contributed by atoms with Gasteiger partial charge in [-0.3, -0.25) is 10.9 Å². The number of fused-ring (bicyclic) bond motifs is 1. The first-order chi connectivity index (χ1) is 5.42. The second-order valence-corrected chi connectivity index (χ2v) is 2.13. The average Bonchev–Trinajstić information content (AvgIpc) is 2.50. The maximum Gasteiger partial charge on any atom is 0.182 e. The molecule has 0 aliphatic carbocycles. The summed E-state index contributed by atoms with van der Waals surface area (Å²) < 4.78 is 0. The molecule has 0 unspecified atom stereocenters. The molecule has 0 spiro atoms. The average molecular weight is 149 g/mol. The zero-order chi connectivity index (χ0) is 7.68. The van der Waals surface area contributed by atoms with Gasteiger partial charge in [0.05, 0.1) is 11.1 Å². The van der Waals surface area contributed by atoms with Gasteiger partial charge in [-0.15, -0.1) is 0 Å². The minimum absolute atomic E-state index is 0.667. The Labute approximate surface area is 62.6 Å². The van der Waals surface area contributed by atoms with Crippen LogP contribution in [0.1, 0.15) is 0 Å². The van der Waals surface area contributed by atoms with Crippen LogP contribution in [-0.2, 0) is 0 Å². The second kappa shape index (κ2) is 2.21. The van der Waals surface area contributed by atoms with Crippen LogP contribution in [0, 0.1) is 0 Å². The van der Waals surface area contributed by atoms with Crippen molar-refractivity contribution in [2.45, 2.75) is 0 Å². The van der Waals surface area contributed by atoms with Crippen molar-refractivity contribution in [2.24, 2.45) is 5.84 Å². The number of aromatic nitrogens is 3. The SMILES string of the molecule is NNc1ccnc2n[nH]cc12. The largest absolute Gasteiger partial charge is 0.323 e. The van der Waals surface area contributed by atoms with Gasteiger partial charge in [0.2, 0.25) is 0 Å². The van der Waals surface area contributed by atoms with E-state index in [1.54, 1.807) is 18.5 Å². The van der Waals surface area contributed by atoms with Crippen molar-refractivity contribution in [1.29, 1.82) is 0 Å². The molecule has 2 rings (SSSR count). The third kappa shape index (κ3) is 0.821. The van der Waals surface area contributed by atoms with Crippen LogP contribution in [0.15, 0.2) is 18.5 Å². The summed E-state index contributed by atoms with van der Waals surface area (Å²) in [7, 11) is 0. The van der Waals surface area contributed by atoms with Crippen molar-refractivity contribution in [1.82, 2.24) is 15.2 Å². The van der Waals surface area contributed by atoms with E-state index in [-0.39, 0.29) is 0 Å². The molecule has 0 bridgehead atoms. The third-order valence-electron chi connectivity index (χ3n) is 1.50. The maximum absolute atomic E-state index is 5.26. The quantitative estimate of drug-likeness (QED) is 0.401. The summed E-state index contributed by atoms with van der Waals surface area (Å²) >= 11 is 0. The Hall–Kier alpha value is -1.62. The van der Waals surface area contributed by atoms with Crippen LogP contribution >= 0.6 is 0 Å². The molecule has 2 heterocycles. The van der Waals surface area contributed by atoms with Gasteiger partial charge in [0.15, 0.2) is 5.65 Å². The molecule has 4 N–H and O–H groups in total. The van der Waals surface area contributed by atoms with Crippen LogP contribution in [0.25, 0.3) is 11.0 Å². The summed E-state index contributed by atoms with van der Waals surface area (Å²) in [6, 6.07) is 1.79. The summed E-state index contributed by atoms with van der Waals surface area (Å²) in [4.78, 5) is 4.01. The first-order valence-electron chi connectivity index (χ1n) is 3.17. The molecule has 0 saturated carbocycles. The predicted octanol–water partition coefficient (Wildman–Crippen LogP) is 0.243. The van der Waals surface area contributed by atoms with Crippen LogP contribution in [-0.4, -0.2) is 15.2 Å². The molecule has 0 amide bonds. The fraction of sp³-hybridized carbons (Fsp3) is 0. The highest BCUT2D eigenvalue weighted by Crippen LogP contribution is 2.16. The van der Waals surface area contributed by atoms with Crippen molar-refractivity contribution in [3.05, 3.63) is 18.5 Å². The number of hydrazine groups is 1. The minimum atomic E-state index is 0.667. The number of hydrogen-bond acceptors (Lipinski definition) is 4. The smallest absolute Gasteiger partial charge is 0.182 e. The molecule has 11 heavy (non-hydrogen) atoms. The standard InChI is InChI=1S/C6H7N5/c7-10-5-1-2-8-6-4(5)3-9-11-6/h1-3H,7H2,(H2,8,9,10,11). The minimum Gasteiger partial charge on any atom is -0.323 e. The summed E-state index contributed by atoms with van der Waals surface area (Å²) in [5.41, 5.74) is 4.05. The molecule has 5 heteroatoms. The van der Waals surface area contributed by atoms with Gasteiger partial charge in [0.25, 0.3) is 0 Å². The lowest BCUT2D eigenvalue weighted by Crippen LogP contribution is -2.06. The van der Waals surface area contributed by atoms with Gasteiger partial charge < -0.3 is 5.43 Å². The molecule has 2 aromatic heterocycles. The summed E-state index contributed by atoms with van der Waals surface area (Å²) in [6.07, 6.45) is 3.40. The molecule has 0 aromatic carbocycles. The highest BCUT2D eigenvalue weighted by Gasteiger charge is 2.00. The Balaban J connectivity index is 2.79. The Morgan fingerprint density at radius 2 is 2.45 bits per heavy atom. The number of nitrogens with zero attached hydrogens (tertiary/aromatic N) is 2. The number of hydrogen-bond donors (Lipinski definition) is 3. The molecular weight excluding hydrogens is 142 g/mol. The van der Waals surface area contributed by atoms with Gasteiger partial charge in [-0.05, 0) is 6.07 Å². The lowest BCUT2D eigenvalue weighted by Gasteiger charge is -1.97. The van der Waals surface area contributed by atoms with E-state index >= 15 is 0 Å². The number of rotatable bonds is 1. The lowest BCUT2D eigenvalue weighted by molar-refractivity contribution is 1.10. The highest BCUT2D eigenvalue weighted by molar-refractivity contribution is 5.87. The number of pyridine rings is 1. The van der Waals surface area contributed by atoms with Crippen LogP contribution in [0.5, 0.6) is 0 Å². The molecule has 5 nitrogen and oxygen atoms in total. The summed E-state index contributed by atoms with van der Waals surface area (Å²) in [5, 5.41) is 7.50. The van der Waals surface area contributed by atoms with E-state index in [1.165, 1.54) is 0 Å². The molecule has 2 aromatic rings. The van der Waals surface area contributed by atoms with Crippen molar-refractivity contribution in [3.8, 4) is 0 Å².